The number of rotatable bonds is 0. The van der Waals surface area contributed by atoms with Crippen molar-refractivity contribution in [3.63, 3.8) is 0 Å². The molecule has 0 aromatic heterocycles. The Bertz CT molecular complexity index is 69.6. The Kier molecular flexibility index (Phi) is 14.0. The average Bonchev–Trinajstić information content (AvgIpc) is 0.592. The minimum Gasteiger partial charge on any atom is 0 e. The fourth-order valence-corrected chi connectivity index (χ4v) is 0. The third kappa shape index (κ3) is 52.4. The van der Waals surface area contributed by atoms with Crippen LogP contribution in [0.3, 0.4) is 0 Å². The molecular formula is Br6K2Re. The van der Waals surface area contributed by atoms with Gasteiger partial charge in [0.25, 0.3) is 0 Å². The molecule has 0 spiro atoms. The van der Waals surface area contributed by atoms with E-state index in [0.717, 1.165) is 0 Å². The molecule has 0 nitrogen and oxygen atoms in total. The van der Waals surface area contributed by atoms with Crippen LogP contribution in [0.5, 0.6) is 0 Å². The number of hydrogen-bond donors (Lipinski definition) is 0. The van der Waals surface area contributed by atoms with E-state index in [1.165, 1.54) is 0 Å². The van der Waals surface area contributed by atoms with Gasteiger partial charge >= 0.3 is 81.6 Å². The van der Waals surface area contributed by atoms with E-state index in [-0.39, 0.29) is 103 Å². The van der Waals surface area contributed by atoms with Gasteiger partial charge in [0, 0.05) is 103 Å². The van der Waals surface area contributed by atoms with Gasteiger partial charge in [-0.15, -0.1) is 0 Å². The van der Waals surface area contributed by atoms with Crippen LogP contribution in [0, 0.1) is 0 Å². The zero-order valence-corrected chi connectivity index (χ0v) is 23.1. The van der Waals surface area contributed by atoms with E-state index in [1.54, 1.807) is 0 Å². The Hall–Kier alpha value is 6.82. The van der Waals surface area contributed by atoms with Gasteiger partial charge in [-0.25, -0.2) is 0 Å². The Morgan fingerprint density at radius 3 is 0.556 bits per heavy atom. The summed E-state index contributed by atoms with van der Waals surface area (Å²) < 4.78 is -3.38. The van der Waals surface area contributed by atoms with Crippen LogP contribution in [0.15, 0.2) is 0 Å². The largest absolute Gasteiger partial charge is 0 e. The first-order valence-corrected chi connectivity index (χ1v) is 36.5. The second-order valence-electron chi connectivity index (χ2n) is 0.810. The summed E-state index contributed by atoms with van der Waals surface area (Å²) in [5.41, 5.74) is 0. The molecule has 0 N–H and O–H groups in total. The van der Waals surface area contributed by atoms with Gasteiger partial charge in [0.1, 0.15) is 0 Å². The van der Waals surface area contributed by atoms with Gasteiger partial charge in [-0.3, -0.25) is 0 Å². The van der Waals surface area contributed by atoms with Crippen LogP contribution in [0.25, 0.3) is 0 Å². The van der Waals surface area contributed by atoms with Crippen LogP contribution in [0.1, 0.15) is 0 Å². The topological polar surface area (TPSA) is 0 Å². The van der Waals surface area contributed by atoms with Crippen molar-refractivity contribution in [3.05, 3.63) is 0 Å². The number of hydrogen-bond acceptors (Lipinski definition) is 0. The third-order valence-corrected chi connectivity index (χ3v) is 0. The first kappa shape index (κ1) is 21.1. The van der Waals surface area contributed by atoms with Crippen LogP contribution >= 0.6 is 80.6 Å². The monoisotopic (exact) mass is 738 g/mol. The van der Waals surface area contributed by atoms with Crippen LogP contribution in [0.4, 0.5) is 0 Å². The van der Waals surface area contributed by atoms with Crippen molar-refractivity contribution in [2.45, 2.75) is 0 Å². The maximum absolute atomic E-state index is 3.38. The molecule has 0 rings (SSSR count). The quantitative estimate of drug-likeness (QED) is 0.325. The molecule has 51 valence electrons. The van der Waals surface area contributed by atoms with Gasteiger partial charge in [-0.2, -0.15) is 0 Å². The molecule has 0 saturated heterocycles. The van der Waals surface area contributed by atoms with E-state index in [9.17, 15) is 0 Å². The molecule has 0 aliphatic heterocycles. The van der Waals surface area contributed by atoms with Crippen molar-refractivity contribution in [1.82, 2.24) is 0 Å². The first-order chi connectivity index (χ1) is 2.45. The Balaban J connectivity index is -0.000000180. The van der Waals surface area contributed by atoms with Crippen LogP contribution in [-0.2, 0) is 0.992 Å². The fraction of sp³-hybridized carbons (Fsp3) is 0. The SMILES string of the molecule is [Br][Re]([Br])([Br])([Br])([Br])[Br].[K].[K]. The van der Waals surface area contributed by atoms with Crippen molar-refractivity contribution in [2.24, 2.45) is 0 Å². The van der Waals surface area contributed by atoms with Crippen LogP contribution in [0.2, 0.25) is 0 Å². The molecule has 9 heteroatoms. The zero-order valence-electron chi connectivity index (χ0n) is 4.65. The summed E-state index contributed by atoms with van der Waals surface area (Å²) in [5, 5.41) is 0. The molecule has 0 fully saturated rings. The molecule has 0 aliphatic carbocycles. The molecule has 0 unspecified atom stereocenters. The predicted octanol–water partition coefficient (Wildman–Crippen LogP) is 4.31. The maximum Gasteiger partial charge on any atom is 0 e. The Morgan fingerprint density at radius 1 is 0.556 bits per heavy atom. The zero-order chi connectivity index (χ0) is 6.41. The molecule has 9 heavy (non-hydrogen) atoms. The average molecular weight is 744 g/mol. The van der Waals surface area contributed by atoms with Crippen molar-refractivity contribution in [1.29, 1.82) is 0 Å². The maximum atomic E-state index is 3.36. The molecule has 0 atom stereocenters. The summed E-state index contributed by atoms with van der Waals surface area (Å²) in [7, 11) is 0. The van der Waals surface area contributed by atoms with E-state index >= 15 is 0 Å². The van der Waals surface area contributed by atoms with E-state index in [2.05, 4.69) is 80.6 Å². The van der Waals surface area contributed by atoms with E-state index < -0.39 is 0.992 Å². The minimum atomic E-state index is -3.38. The summed E-state index contributed by atoms with van der Waals surface area (Å²) in [6, 6.07) is 0. The molecule has 2 radical (unpaired) electrons. The van der Waals surface area contributed by atoms with E-state index in [1.807, 2.05) is 0 Å². The van der Waals surface area contributed by atoms with Gasteiger partial charge in [-0.05, 0) is 0 Å². The van der Waals surface area contributed by atoms with Gasteiger partial charge in [0.2, 0.25) is 0 Å². The van der Waals surface area contributed by atoms with Gasteiger partial charge < -0.3 is 0 Å². The summed E-state index contributed by atoms with van der Waals surface area (Å²) in [6.07, 6.45) is 0. The minimum absolute atomic E-state index is 0. The standard InChI is InChI=1S/6BrH.2K.Re/h6*1H;;;/q;;;;;;;;+6/p-6. The second kappa shape index (κ2) is 5.94. The predicted molar refractivity (Wildman–Crippen MR) is 65.1 cm³/mol. The Labute approximate surface area is 177 Å². The summed E-state index contributed by atoms with van der Waals surface area (Å²) >= 11 is 20.2. The molecule has 0 amide bonds. The van der Waals surface area contributed by atoms with Crippen LogP contribution in [-0.4, -0.2) is 103 Å². The molecular weight excluding hydrogens is 744 g/mol. The van der Waals surface area contributed by atoms with Gasteiger partial charge in [-0.1, -0.05) is 0 Å². The van der Waals surface area contributed by atoms with E-state index in [4.69, 9.17) is 0 Å². The van der Waals surface area contributed by atoms with Gasteiger partial charge in [0.15, 0.2) is 0 Å². The summed E-state index contributed by atoms with van der Waals surface area (Å²) in [5.74, 6) is 0. The summed E-state index contributed by atoms with van der Waals surface area (Å²) in [6.45, 7) is 0. The second-order valence-corrected chi connectivity index (χ2v) is 179. The molecule has 0 aliphatic rings. The van der Waals surface area contributed by atoms with Crippen molar-refractivity contribution >= 4 is 183 Å². The van der Waals surface area contributed by atoms with Crippen molar-refractivity contribution in [2.75, 3.05) is 0 Å². The molecule has 0 bridgehead atoms. The Morgan fingerprint density at radius 2 is 0.556 bits per heavy atom. The van der Waals surface area contributed by atoms with Crippen molar-refractivity contribution < 1.29 is 0.992 Å². The number of halogens is 6. The van der Waals surface area contributed by atoms with Crippen molar-refractivity contribution in [3.8, 4) is 0 Å². The third-order valence-electron chi connectivity index (χ3n) is 0. The smallest absolute Gasteiger partial charge is 0 e. The molecule has 0 heterocycles. The first-order valence-electron chi connectivity index (χ1n) is 0.857. The van der Waals surface area contributed by atoms with E-state index in [0.29, 0.717) is 0 Å². The van der Waals surface area contributed by atoms with Gasteiger partial charge in [0.05, 0.1) is 0 Å². The molecule has 0 aromatic carbocycles. The van der Waals surface area contributed by atoms with Crippen LogP contribution < -0.4 is 0 Å². The normalized spacial score (nSPS) is 18.0. The summed E-state index contributed by atoms with van der Waals surface area (Å²) in [4.78, 5) is 0. The molecule has 0 aromatic rings. The molecule has 0 saturated carbocycles. The fourth-order valence-electron chi connectivity index (χ4n) is 0.